The Morgan fingerprint density at radius 1 is 1.28 bits per heavy atom. The first kappa shape index (κ1) is 16.4. The van der Waals surface area contributed by atoms with Crippen LogP contribution in [0.2, 0.25) is 0 Å². The summed E-state index contributed by atoms with van der Waals surface area (Å²) in [4.78, 5) is 34.0. The number of nitrogens with zero attached hydrogens (tertiary/aromatic N) is 1. The van der Waals surface area contributed by atoms with Gasteiger partial charge in [-0.15, -0.1) is 0 Å². The molecule has 0 heterocycles. The van der Waals surface area contributed by atoms with Gasteiger partial charge in [0, 0.05) is 18.7 Å². The highest BCUT2D eigenvalue weighted by Crippen LogP contribution is 2.01. The Morgan fingerprint density at radius 2 is 1.94 bits per heavy atom. The van der Waals surface area contributed by atoms with Crippen molar-refractivity contribution in [2.75, 3.05) is 19.7 Å². The molecule has 102 valence electrons. The molecule has 0 aromatic heterocycles. The highest BCUT2D eigenvalue weighted by Gasteiger charge is 2.09. The molecular formula is C13H21NO4. The minimum atomic E-state index is -0.480. The summed E-state index contributed by atoms with van der Waals surface area (Å²) in [5, 5.41) is 0. The van der Waals surface area contributed by atoms with Crippen molar-refractivity contribution in [1.29, 1.82) is 0 Å². The van der Waals surface area contributed by atoms with E-state index < -0.39 is 5.91 Å². The Hall–Kier alpha value is -1.65. The molecule has 0 aromatic carbocycles. The van der Waals surface area contributed by atoms with Crippen LogP contribution in [0.5, 0.6) is 0 Å². The van der Waals surface area contributed by atoms with Crippen molar-refractivity contribution in [3.05, 3.63) is 12.2 Å². The highest BCUT2D eigenvalue weighted by atomic mass is 16.5. The number of ether oxygens (including phenoxy) is 1. The number of carbonyl (C=O) groups is 3. The first-order valence-corrected chi connectivity index (χ1v) is 6.09. The zero-order chi connectivity index (χ0) is 14.0. The third-order valence-corrected chi connectivity index (χ3v) is 2.45. The zero-order valence-corrected chi connectivity index (χ0v) is 11.1. The zero-order valence-electron chi connectivity index (χ0n) is 11.1. The number of rotatable bonds is 9. The Bertz CT molecular complexity index is 312. The van der Waals surface area contributed by atoms with Crippen LogP contribution >= 0.6 is 0 Å². The predicted molar refractivity (Wildman–Crippen MR) is 67.9 cm³/mol. The molecule has 0 aromatic rings. The molecule has 0 aliphatic rings. The molecule has 0 atom stereocenters. The summed E-state index contributed by atoms with van der Waals surface area (Å²) in [5.74, 6) is -0.854. The van der Waals surface area contributed by atoms with E-state index in [2.05, 4.69) is 6.58 Å². The van der Waals surface area contributed by atoms with Crippen LogP contribution in [0.1, 0.15) is 33.1 Å². The lowest BCUT2D eigenvalue weighted by molar-refractivity contribution is -0.139. The minimum absolute atomic E-state index is 0.331. The largest absolute Gasteiger partial charge is 0.462 e. The van der Waals surface area contributed by atoms with Crippen molar-refractivity contribution >= 4 is 18.2 Å². The summed E-state index contributed by atoms with van der Waals surface area (Å²) in [6.45, 7) is 8.36. The van der Waals surface area contributed by atoms with E-state index in [1.54, 1.807) is 6.92 Å². The number of aldehydes is 1. The van der Waals surface area contributed by atoms with Gasteiger partial charge in [-0.25, -0.2) is 4.79 Å². The quantitative estimate of drug-likeness (QED) is 0.205. The monoisotopic (exact) mass is 255 g/mol. The van der Waals surface area contributed by atoms with Gasteiger partial charge < -0.3 is 9.64 Å². The molecule has 0 saturated heterocycles. The SMILES string of the molecule is C=C(C)C(=O)OCCCCCN(CC)C(=O)C=O. The van der Waals surface area contributed by atoms with Gasteiger partial charge in [0.25, 0.3) is 5.91 Å². The Balaban J connectivity index is 3.61. The van der Waals surface area contributed by atoms with Crippen LogP contribution in [0.3, 0.4) is 0 Å². The van der Waals surface area contributed by atoms with E-state index in [9.17, 15) is 14.4 Å². The standard InChI is InChI=1S/C13H21NO4/c1-4-14(12(16)10-15)8-6-5-7-9-18-13(17)11(2)3/h10H,2,4-9H2,1,3H3. The van der Waals surface area contributed by atoms with Gasteiger partial charge in [-0.2, -0.15) is 0 Å². The Labute approximate surface area is 108 Å². The van der Waals surface area contributed by atoms with Gasteiger partial charge in [0.2, 0.25) is 6.29 Å². The number of amides is 1. The van der Waals surface area contributed by atoms with Gasteiger partial charge in [0.15, 0.2) is 0 Å². The molecule has 0 rings (SSSR count). The number of hydrogen-bond acceptors (Lipinski definition) is 4. The minimum Gasteiger partial charge on any atom is -0.462 e. The summed E-state index contributed by atoms with van der Waals surface area (Å²) in [5.41, 5.74) is 0.392. The first-order chi connectivity index (χ1) is 8.52. The molecule has 0 spiro atoms. The van der Waals surface area contributed by atoms with E-state index in [0.29, 0.717) is 31.6 Å². The van der Waals surface area contributed by atoms with Gasteiger partial charge >= 0.3 is 5.97 Å². The van der Waals surface area contributed by atoms with Crippen LogP contribution in [-0.2, 0) is 19.1 Å². The van der Waals surface area contributed by atoms with Gasteiger partial charge in [0.05, 0.1) is 6.61 Å². The molecule has 0 radical (unpaired) electrons. The summed E-state index contributed by atoms with van der Waals surface area (Å²) >= 11 is 0. The maximum atomic E-state index is 11.1. The first-order valence-electron chi connectivity index (χ1n) is 6.09. The van der Waals surface area contributed by atoms with Gasteiger partial charge in [-0.1, -0.05) is 6.58 Å². The molecule has 0 unspecified atom stereocenters. The fraction of sp³-hybridized carbons (Fsp3) is 0.615. The predicted octanol–water partition coefficient (Wildman–Crippen LogP) is 1.32. The summed E-state index contributed by atoms with van der Waals surface area (Å²) in [6, 6.07) is 0. The lowest BCUT2D eigenvalue weighted by atomic mass is 10.2. The normalized spacial score (nSPS) is 9.67. The maximum Gasteiger partial charge on any atom is 0.333 e. The van der Waals surface area contributed by atoms with Crippen molar-refractivity contribution in [2.24, 2.45) is 0 Å². The second kappa shape index (κ2) is 9.39. The van der Waals surface area contributed by atoms with Crippen LogP contribution in [0, 0.1) is 0 Å². The molecule has 0 aliphatic carbocycles. The molecule has 0 fully saturated rings. The second-order valence-electron chi connectivity index (χ2n) is 4.01. The van der Waals surface area contributed by atoms with E-state index in [-0.39, 0.29) is 5.97 Å². The van der Waals surface area contributed by atoms with Gasteiger partial charge in [-0.05, 0) is 33.1 Å². The van der Waals surface area contributed by atoms with Crippen molar-refractivity contribution < 1.29 is 19.1 Å². The maximum absolute atomic E-state index is 11.1. The van der Waals surface area contributed by atoms with Crippen molar-refractivity contribution in [3.63, 3.8) is 0 Å². The van der Waals surface area contributed by atoms with E-state index in [0.717, 1.165) is 19.3 Å². The molecule has 5 nitrogen and oxygen atoms in total. The van der Waals surface area contributed by atoms with E-state index >= 15 is 0 Å². The van der Waals surface area contributed by atoms with Crippen molar-refractivity contribution in [3.8, 4) is 0 Å². The lowest BCUT2D eigenvalue weighted by Gasteiger charge is -2.17. The van der Waals surface area contributed by atoms with Gasteiger partial charge in [0.1, 0.15) is 0 Å². The average molecular weight is 255 g/mol. The van der Waals surface area contributed by atoms with Gasteiger partial charge in [-0.3, -0.25) is 9.59 Å². The molecule has 5 heteroatoms. The molecule has 0 saturated carbocycles. The molecular weight excluding hydrogens is 234 g/mol. The third kappa shape index (κ3) is 6.83. The van der Waals surface area contributed by atoms with E-state index in [1.807, 2.05) is 6.92 Å². The number of unbranched alkanes of at least 4 members (excludes halogenated alkanes) is 2. The van der Waals surface area contributed by atoms with E-state index in [1.165, 1.54) is 4.90 Å². The van der Waals surface area contributed by atoms with Crippen LogP contribution in [0.4, 0.5) is 0 Å². The fourth-order valence-electron chi connectivity index (χ4n) is 1.37. The molecule has 0 aliphatic heterocycles. The molecule has 0 bridgehead atoms. The van der Waals surface area contributed by atoms with Crippen LogP contribution in [0.15, 0.2) is 12.2 Å². The Morgan fingerprint density at radius 3 is 2.44 bits per heavy atom. The van der Waals surface area contributed by atoms with Crippen molar-refractivity contribution in [1.82, 2.24) is 4.90 Å². The second-order valence-corrected chi connectivity index (χ2v) is 4.01. The average Bonchev–Trinajstić information content (AvgIpc) is 2.36. The summed E-state index contributed by atoms with van der Waals surface area (Å²) < 4.78 is 4.93. The number of carbonyl (C=O) groups excluding carboxylic acids is 3. The summed E-state index contributed by atoms with van der Waals surface area (Å²) in [6.07, 6.45) is 2.70. The number of likely N-dealkylation sites (N-methyl/N-ethyl adjacent to an activating group) is 1. The molecule has 1 amide bonds. The van der Waals surface area contributed by atoms with Crippen LogP contribution in [-0.4, -0.2) is 42.8 Å². The fourth-order valence-corrected chi connectivity index (χ4v) is 1.37. The third-order valence-electron chi connectivity index (χ3n) is 2.45. The highest BCUT2D eigenvalue weighted by molar-refractivity contribution is 6.23. The van der Waals surface area contributed by atoms with Crippen molar-refractivity contribution in [2.45, 2.75) is 33.1 Å². The molecule has 18 heavy (non-hydrogen) atoms. The number of hydrogen-bond donors (Lipinski definition) is 0. The molecule has 0 N–H and O–H groups in total. The number of esters is 1. The van der Waals surface area contributed by atoms with Crippen LogP contribution < -0.4 is 0 Å². The van der Waals surface area contributed by atoms with Crippen LogP contribution in [0.25, 0.3) is 0 Å². The smallest absolute Gasteiger partial charge is 0.333 e. The van der Waals surface area contributed by atoms with E-state index in [4.69, 9.17) is 4.74 Å². The summed E-state index contributed by atoms with van der Waals surface area (Å²) in [7, 11) is 0. The Kier molecular flexibility index (Phi) is 8.53. The topological polar surface area (TPSA) is 63.7 Å². The lowest BCUT2D eigenvalue weighted by Crippen LogP contribution is -2.32.